The molecule has 0 radical (unpaired) electrons. The van der Waals surface area contributed by atoms with Crippen LogP contribution >= 0.6 is 11.6 Å². The Balaban J connectivity index is 1.68. The quantitative estimate of drug-likeness (QED) is 0.688. The number of anilines is 1. The van der Waals surface area contributed by atoms with E-state index in [2.05, 4.69) is 20.6 Å². The van der Waals surface area contributed by atoms with E-state index in [9.17, 15) is 9.59 Å². The first-order valence-corrected chi connectivity index (χ1v) is 9.08. The lowest BCUT2D eigenvalue weighted by Crippen LogP contribution is -2.41. The molecule has 0 aliphatic rings. The number of carbonyl (C=O) groups is 2. The molecule has 1 aromatic heterocycles. The summed E-state index contributed by atoms with van der Waals surface area (Å²) in [4.78, 5) is 33.3. The first-order chi connectivity index (χ1) is 13.4. The van der Waals surface area contributed by atoms with Crippen LogP contribution in [0.25, 0.3) is 11.3 Å². The summed E-state index contributed by atoms with van der Waals surface area (Å²) in [6, 6.07) is 15.1. The van der Waals surface area contributed by atoms with Gasteiger partial charge in [-0.3, -0.25) is 9.59 Å². The Morgan fingerprint density at radius 1 is 1.07 bits per heavy atom. The second-order valence-electron chi connectivity index (χ2n) is 6.23. The number of nitrogens with one attached hydrogen (secondary N) is 2. The molecule has 2 amide bonds. The van der Waals surface area contributed by atoms with E-state index >= 15 is 0 Å². The van der Waals surface area contributed by atoms with Crippen molar-refractivity contribution >= 4 is 29.1 Å². The molecule has 3 aromatic rings. The van der Waals surface area contributed by atoms with Crippen LogP contribution in [0.4, 0.5) is 5.69 Å². The molecular weight excluding hydrogens is 376 g/mol. The van der Waals surface area contributed by atoms with Crippen LogP contribution in [0.5, 0.6) is 0 Å². The number of hydrogen-bond acceptors (Lipinski definition) is 4. The van der Waals surface area contributed by atoms with Crippen LogP contribution in [0, 0.1) is 6.92 Å². The Hall–Kier alpha value is -3.25. The lowest BCUT2D eigenvalue weighted by Gasteiger charge is -2.15. The van der Waals surface area contributed by atoms with Gasteiger partial charge in [-0.2, -0.15) is 0 Å². The van der Waals surface area contributed by atoms with Gasteiger partial charge in [-0.15, -0.1) is 0 Å². The average molecular weight is 395 g/mol. The fraction of sp³-hybridized carbons (Fsp3) is 0.143. The van der Waals surface area contributed by atoms with Gasteiger partial charge in [-0.25, -0.2) is 9.97 Å². The highest BCUT2D eigenvalue weighted by atomic mass is 35.5. The van der Waals surface area contributed by atoms with Crippen LogP contribution < -0.4 is 10.6 Å². The van der Waals surface area contributed by atoms with E-state index < -0.39 is 11.9 Å². The van der Waals surface area contributed by atoms with Crippen LogP contribution in [0.15, 0.2) is 60.8 Å². The number of hydrogen-bond donors (Lipinski definition) is 2. The molecule has 28 heavy (non-hydrogen) atoms. The SMILES string of the molecule is Cc1nccc(-c2cccc(NC(=O)C(C)NC(=O)c3ccccc3Cl)c2)n1. The van der Waals surface area contributed by atoms with Gasteiger partial charge in [-0.05, 0) is 44.2 Å². The van der Waals surface area contributed by atoms with E-state index in [1.807, 2.05) is 25.1 Å². The molecule has 6 nitrogen and oxygen atoms in total. The standard InChI is InChI=1S/C21H19ClN4O2/c1-13(24-21(28)17-8-3-4-9-18(17)22)20(27)26-16-7-5-6-15(12-16)19-10-11-23-14(2)25-19/h3-13H,1-2H3,(H,24,28)(H,26,27). The van der Waals surface area contributed by atoms with Gasteiger partial charge < -0.3 is 10.6 Å². The number of nitrogens with zero attached hydrogens (tertiary/aromatic N) is 2. The highest BCUT2D eigenvalue weighted by Gasteiger charge is 2.18. The molecular formula is C21H19ClN4O2. The molecule has 7 heteroatoms. The summed E-state index contributed by atoms with van der Waals surface area (Å²) >= 11 is 6.03. The van der Waals surface area contributed by atoms with Crippen molar-refractivity contribution in [2.75, 3.05) is 5.32 Å². The van der Waals surface area contributed by atoms with Crippen molar-refractivity contribution in [2.45, 2.75) is 19.9 Å². The number of rotatable bonds is 5. The maximum absolute atomic E-state index is 12.5. The van der Waals surface area contributed by atoms with E-state index in [1.54, 1.807) is 49.5 Å². The molecule has 0 aliphatic heterocycles. The van der Waals surface area contributed by atoms with Gasteiger partial charge in [0.15, 0.2) is 0 Å². The zero-order valence-electron chi connectivity index (χ0n) is 15.4. The predicted octanol–water partition coefficient (Wildman–Crippen LogP) is 3.86. The Kier molecular flexibility index (Phi) is 6.01. The zero-order valence-corrected chi connectivity index (χ0v) is 16.2. The monoisotopic (exact) mass is 394 g/mol. The third kappa shape index (κ3) is 4.72. The summed E-state index contributed by atoms with van der Waals surface area (Å²) in [5.74, 6) is -0.0715. The first-order valence-electron chi connectivity index (χ1n) is 8.70. The van der Waals surface area contributed by atoms with Gasteiger partial charge in [0.2, 0.25) is 5.91 Å². The predicted molar refractivity (Wildman–Crippen MR) is 109 cm³/mol. The molecule has 0 spiro atoms. The summed E-state index contributed by atoms with van der Waals surface area (Å²) in [5.41, 5.74) is 2.56. The molecule has 0 saturated carbocycles. The normalized spacial score (nSPS) is 11.5. The van der Waals surface area contributed by atoms with Crippen LogP contribution in [0.3, 0.4) is 0 Å². The topological polar surface area (TPSA) is 84.0 Å². The van der Waals surface area contributed by atoms with Crippen molar-refractivity contribution in [3.8, 4) is 11.3 Å². The van der Waals surface area contributed by atoms with Gasteiger partial charge in [0.25, 0.3) is 5.91 Å². The molecule has 2 aromatic carbocycles. The van der Waals surface area contributed by atoms with E-state index in [0.29, 0.717) is 22.1 Å². The maximum Gasteiger partial charge on any atom is 0.253 e. The van der Waals surface area contributed by atoms with E-state index in [-0.39, 0.29) is 5.91 Å². The Morgan fingerprint density at radius 3 is 2.61 bits per heavy atom. The second-order valence-corrected chi connectivity index (χ2v) is 6.64. The van der Waals surface area contributed by atoms with E-state index in [1.165, 1.54) is 0 Å². The molecule has 0 aliphatic carbocycles. The molecule has 3 rings (SSSR count). The molecule has 1 atom stereocenters. The molecule has 0 saturated heterocycles. The number of halogens is 1. The van der Waals surface area contributed by atoms with Crippen LogP contribution in [0.2, 0.25) is 5.02 Å². The largest absolute Gasteiger partial charge is 0.340 e. The number of benzene rings is 2. The van der Waals surface area contributed by atoms with Crippen molar-refractivity contribution in [1.82, 2.24) is 15.3 Å². The third-order valence-electron chi connectivity index (χ3n) is 4.06. The summed E-state index contributed by atoms with van der Waals surface area (Å²) < 4.78 is 0. The minimum atomic E-state index is -0.742. The first kappa shape index (κ1) is 19.5. The van der Waals surface area contributed by atoms with Gasteiger partial charge in [0.05, 0.1) is 16.3 Å². The van der Waals surface area contributed by atoms with Crippen molar-refractivity contribution < 1.29 is 9.59 Å². The Labute approximate surface area is 168 Å². The highest BCUT2D eigenvalue weighted by Crippen LogP contribution is 2.21. The second kappa shape index (κ2) is 8.63. The van der Waals surface area contributed by atoms with Crippen molar-refractivity contribution in [3.05, 3.63) is 77.2 Å². The lowest BCUT2D eigenvalue weighted by atomic mass is 10.1. The molecule has 0 fully saturated rings. The highest BCUT2D eigenvalue weighted by molar-refractivity contribution is 6.33. The van der Waals surface area contributed by atoms with Crippen LogP contribution in [-0.2, 0) is 4.79 Å². The molecule has 2 N–H and O–H groups in total. The van der Waals surface area contributed by atoms with Crippen molar-refractivity contribution in [1.29, 1.82) is 0 Å². The number of amides is 2. The Bertz CT molecular complexity index is 1020. The van der Waals surface area contributed by atoms with Gasteiger partial charge >= 0.3 is 0 Å². The molecule has 1 unspecified atom stereocenters. The van der Waals surface area contributed by atoms with Crippen molar-refractivity contribution in [2.24, 2.45) is 0 Å². The number of aryl methyl sites for hydroxylation is 1. The Morgan fingerprint density at radius 2 is 1.86 bits per heavy atom. The summed E-state index contributed by atoms with van der Waals surface area (Å²) in [6.45, 7) is 3.43. The molecule has 142 valence electrons. The average Bonchev–Trinajstić information content (AvgIpc) is 2.68. The van der Waals surface area contributed by atoms with Gasteiger partial charge in [0, 0.05) is 17.4 Å². The summed E-state index contributed by atoms with van der Waals surface area (Å²) in [6.07, 6.45) is 1.69. The smallest absolute Gasteiger partial charge is 0.253 e. The van der Waals surface area contributed by atoms with E-state index in [0.717, 1.165) is 11.3 Å². The van der Waals surface area contributed by atoms with Crippen LogP contribution in [0.1, 0.15) is 23.1 Å². The van der Waals surface area contributed by atoms with E-state index in [4.69, 9.17) is 11.6 Å². The summed E-state index contributed by atoms with van der Waals surface area (Å²) in [5, 5.41) is 5.80. The maximum atomic E-state index is 12.5. The van der Waals surface area contributed by atoms with Crippen LogP contribution in [-0.4, -0.2) is 27.8 Å². The van der Waals surface area contributed by atoms with Gasteiger partial charge in [-0.1, -0.05) is 35.9 Å². The number of aromatic nitrogens is 2. The molecule has 0 bridgehead atoms. The summed E-state index contributed by atoms with van der Waals surface area (Å²) in [7, 11) is 0. The lowest BCUT2D eigenvalue weighted by molar-refractivity contribution is -0.117. The zero-order chi connectivity index (χ0) is 20.1. The minimum Gasteiger partial charge on any atom is -0.340 e. The van der Waals surface area contributed by atoms with Gasteiger partial charge in [0.1, 0.15) is 11.9 Å². The van der Waals surface area contributed by atoms with Crippen molar-refractivity contribution in [3.63, 3.8) is 0 Å². The third-order valence-corrected chi connectivity index (χ3v) is 4.39. The fourth-order valence-corrected chi connectivity index (χ4v) is 2.83. The minimum absolute atomic E-state index is 0.324. The number of carbonyl (C=O) groups excluding carboxylic acids is 2. The molecule has 1 heterocycles. The fourth-order valence-electron chi connectivity index (χ4n) is 2.61.